The van der Waals surface area contributed by atoms with Gasteiger partial charge >= 0.3 is 0 Å². The van der Waals surface area contributed by atoms with E-state index in [4.69, 9.17) is 11.6 Å². The van der Waals surface area contributed by atoms with Gasteiger partial charge in [0.05, 0.1) is 16.5 Å². The number of carbonyl (C=O) groups is 1. The molecule has 2 aromatic rings. The van der Waals surface area contributed by atoms with Crippen LogP contribution in [-0.4, -0.2) is 32.2 Å². The zero-order chi connectivity index (χ0) is 18.8. The molecule has 2 rings (SSSR count). The summed E-state index contributed by atoms with van der Waals surface area (Å²) in [6, 6.07) is 8.56. The van der Waals surface area contributed by atoms with E-state index in [1.54, 1.807) is 12.1 Å². The summed E-state index contributed by atoms with van der Waals surface area (Å²) in [7, 11) is -2.69. The molecule has 0 atom stereocenters. The molecule has 134 valence electrons. The third kappa shape index (κ3) is 4.36. The molecule has 0 bridgehead atoms. The molecule has 0 heterocycles. The maximum Gasteiger partial charge on any atom is 0.243 e. The molecule has 0 fully saturated rings. The number of nitrogens with one attached hydrogen (secondary N) is 1. The molecule has 0 aromatic heterocycles. The van der Waals surface area contributed by atoms with Gasteiger partial charge in [0.1, 0.15) is 5.82 Å². The van der Waals surface area contributed by atoms with Gasteiger partial charge in [-0.3, -0.25) is 4.79 Å². The van der Waals surface area contributed by atoms with Crippen LogP contribution in [0, 0.1) is 19.7 Å². The number of anilines is 1. The van der Waals surface area contributed by atoms with Crippen molar-refractivity contribution in [2.75, 3.05) is 18.9 Å². The van der Waals surface area contributed by atoms with E-state index in [1.165, 1.54) is 7.05 Å². The molecule has 1 amide bonds. The van der Waals surface area contributed by atoms with Crippen LogP contribution in [0.4, 0.5) is 10.1 Å². The number of benzene rings is 2. The van der Waals surface area contributed by atoms with E-state index in [2.05, 4.69) is 5.32 Å². The third-order valence-electron chi connectivity index (χ3n) is 3.84. The van der Waals surface area contributed by atoms with E-state index >= 15 is 0 Å². The average Bonchev–Trinajstić information content (AvgIpc) is 2.54. The van der Waals surface area contributed by atoms with Crippen molar-refractivity contribution in [2.45, 2.75) is 18.7 Å². The number of rotatable bonds is 5. The third-order valence-corrected chi connectivity index (χ3v) is 5.93. The Hall–Kier alpha value is -1.96. The minimum absolute atomic E-state index is 0.180. The molecule has 0 spiro atoms. The number of hydrogen-bond donors (Lipinski definition) is 1. The highest BCUT2D eigenvalue weighted by Gasteiger charge is 2.24. The lowest BCUT2D eigenvalue weighted by molar-refractivity contribution is -0.116. The quantitative estimate of drug-likeness (QED) is 0.859. The highest BCUT2D eigenvalue weighted by Crippen LogP contribution is 2.22. The van der Waals surface area contributed by atoms with E-state index in [0.717, 1.165) is 33.6 Å². The second-order valence-electron chi connectivity index (χ2n) is 5.63. The molecular formula is C17H18ClFN2O3S. The van der Waals surface area contributed by atoms with Crippen LogP contribution in [0.1, 0.15) is 11.1 Å². The summed E-state index contributed by atoms with van der Waals surface area (Å²) < 4.78 is 39.0. The van der Waals surface area contributed by atoms with E-state index < -0.39 is 21.7 Å². The summed E-state index contributed by atoms with van der Waals surface area (Å²) in [5.74, 6) is -1.19. The Morgan fingerprint density at radius 3 is 2.56 bits per heavy atom. The van der Waals surface area contributed by atoms with Gasteiger partial charge in [0.2, 0.25) is 15.9 Å². The van der Waals surface area contributed by atoms with Crippen molar-refractivity contribution >= 4 is 33.2 Å². The molecule has 0 radical (unpaired) electrons. The van der Waals surface area contributed by atoms with Crippen molar-refractivity contribution in [3.8, 4) is 0 Å². The Kier molecular flexibility index (Phi) is 5.82. The molecule has 8 heteroatoms. The number of carbonyl (C=O) groups excluding carboxylic acids is 1. The van der Waals surface area contributed by atoms with Crippen molar-refractivity contribution in [3.05, 3.63) is 58.4 Å². The fourth-order valence-electron chi connectivity index (χ4n) is 2.18. The van der Waals surface area contributed by atoms with Crippen molar-refractivity contribution in [1.82, 2.24) is 4.31 Å². The van der Waals surface area contributed by atoms with Gasteiger partial charge in [-0.2, -0.15) is 4.31 Å². The number of aryl methyl sites for hydroxylation is 1. The smallest absolute Gasteiger partial charge is 0.243 e. The fraction of sp³-hybridized carbons (Fsp3) is 0.235. The molecule has 0 saturated heterocycles. The van der Waals surface area contributed by atoms with Crippen LogP contribution in [0.15, 0.2) is 41.3 Å². The van der Waals surface area contributed by atoms with Crippen molar-refractivity contribution in [2.24, 2.45) is 0 Å². The van der Waals surface area contributed by atoms with Crippen molar-refractivity contribution < 1.29 is 17.6 Å². The largest absolute Gasteiger partial charge is 0.325 e. The Morgan fingerprint density at radius 1 is 1.24 bits per heavy atom. The monoisotopic (exact) mass is 384 g/mol. The lowest BCUT2D eigenvalue weighted by Gasteiger charge is -2.18. The lowest BCUT2D eigenvalue weighted by atomic mass is 10.1. The minimum atomic E-state index is -3.96. The molecule has 0 saturated carbocycles. The van der Waals surface area contributed by atoms with E-state index in [-0.39, 0.29) is 16.5 Å². The Balaban J connectivity index is 2.14. The summed E-state index contributed by atoms with van der Waals surface area (Å²) in [5, 5.41) is 2.40. The normalized spacial score (nSPS) is 11.6. The number of nitrogens with zero attached hydrogens (tertiary/aromatic N) is 1. The van der Waals surface area contributed by atoms with Crippen LogP contribution < -0.4 is 5.32 Å². The van der Waals surface area contributed by atoms with Gasteiger partial charge in [0, 0.05) is 12.7 Å². The van der Waals surface area contributed by atoms with Gasteiger partial charge in [-0.25, -0.2) is 12.8 Å². The van der Waals surface area contributed by atoms with Gasteiger partial charge in [0.15, 0.2) is 0 Å². The Bertz CT molecular complexity index is 916. The van der Waals surface area contributed by atoms with E-state index in [1.807, 2.05) is 19.9 Å². The number of hydrogen-bond acceptors (Lipinski definition) is 3. The predicted molar refractivity (Wildman–Crippen MR) is 95.8 cm³/mol. The summed E-state index contributed by atoms with van der Waals surface area (Å²) >= 11 is 5.63. The Labute approximate surface area is 151 Å². The maximum atomic E-state index is 13.2. The lowest BCUT2D eigenvalue weighted by Crippen LogP contribution is -2.35. The summed E-state index contributed by atoms with van der Waals surface area (Å²) in [6.45, 7) is 3.40. The Morgan fingerprint density at radius 2 is 1.92 bits per heavy atom. The predicted octanol–water partition coefficient (Wildman–Crippen LogP) is 3.36. The second-order valence-corrected chi connectivity index (χ2v) is 8.08. The topological polar surface area (TPSA) is 66.5 Å². The van der Waals surface area contributed by atoms with Crippen LogP contribution in [0.2, 0.25) is 5.02 Å². The van der Waals surface area contributed by atoms with Gasteiger partial charge in [0.25, 0.3) is 0 Å². The van der Waals surface area contributed by atoms with Crippen LogP contribution >= 0.6 is 11.6 Å². The van der Waals surface area contributed by atoms with Gasteiger partial charge < -0.3 is 5.32 Å². The number of sulfonamides is 1. The molecule has 5 nitrogen and oxygen atoms in total. The number of likely N-dealkylation sites (N-methyl/N-ethyl adjacent to an activating group) is 1. The number of halogens is 2. The molecule has 0 aliphatic carbocycles. The highest BCUT2D eigenvalue weighted by atomic mass is 35.5. The summed E-state index contributed by atoms with van der Waals surface area (Å²) in [4.78, 5) is 12.0. The zero-order valence-corrected chi connectivity index (χ0v) is 15.6. The standard InChI is InChI=1S/C17H18ClFN2O3S/c1-11-5-4-6-16(12(11)2)20-17(22)10-21(3)25(23,24)13-7-8-15(19)14(18)9-13/h4-9H,10H2,1-3H3,(H,20,22). The molecule has 0 unspecified atom stereocenters. The highest BCUT2D eigenvalue weighted by molar-refractivity contribution is 7.89. The first kappa shape index (κ1) is 19.4. The van der Waals surface area contributed by atoms with Crippen LogP contribution in [-0.2, 0) is 14.8 Å². The average molecular weight is 385 g/mol. The molecule has 0 aliphatic heterocycles. The van der Waals surface area contributed by atoms with Gasteiger partial charge in [-0.1, -0.05) is 23.7 Å². The summed E-state index contributed by atoms with van der Waals surface area (Å²) in [5.41, 5.74) is 2.55. The molecule has 1 N–H and O–H groups in total. The van der Waals surface area contributed by atoms with Crippen molar-refractivity contribution in [3.63, 3.8) is 0 Å². The van der Waals surface area contributed by atoms with Crippen molar-refractivity contribution in [1.29, 1.82) is 0 Å². The summed E-state index contributed by atoms with van der Waals surface area (Å²) in [6.07, 6.45) is 0. The SMILES string of the molecule is Cc1cccc(NC(=O)CN(C)S(=O)(=O)c2ccc(F)c(Cl)c2)c1C. The molecule has 0 aliphatic rings. The van der Waals surface area contributed by atoms with Crippen LogP contribution in [0.25, 0.3) is 0 Å². The zero-order valence-electron chi connectivity index (χ0n) is 14.0. The first-order chi connectivity index (χ1) is 11.6. The van der Waals surface area contributed by atoms with Gasteiger partial charge in [-0.05, 0) is 49.2 Å². The van der Waals surface area contributed by atoms with E-state index in [9.17, 15) is 17.6 Å². The minimum Gasteiger partial charge on any atom is -0.325 e. The van der Waals surface area contributed by atoms with Crippen LogP contribution in [0.5, 0.6) is 0 Å². The molecule has 25 heavy (non-hydrogen) atoms. The van der Waals surface area contributed by atoms with Crippen LogP contribution in [0.3, 0.4) is 0 Å². The number of amides is 1. The first-order valence-electron chi connectivity index (χ1n) is 7.40. The van der Waals surface area contributed by atoms with E-state index in [0.29, 0.717) is 5.69 Å². The fourth-order valence-corrected chi connectivity index (χ4v) is 3.58. The maximum absolute atomic E-state index is 13.2. The molecular weight excluding hydrogens is 367 g/mol. The van der Waals surface area contributed by atoms with Gasteiger partial charge in [-0.15, -0.1) is 0 Å². The molecule has 2 aromatic carbocycles. The second kappa shape index (κ2) is 7.51. The first-order valence-corrected chi connectivity index (χ1v) is 9.22.